The molecular formula is C32H63LiO7S. The first kappa shape index (κ1) is 42.6. The van der Waals surface area contributed by atoms with Gasteiger partial charge in [-0.3, -0.25) is 14.1 Å². The fraction of sp³-hybridized carbons (Fsp3) is 0.938. The number of esters is 2. The minimum atomic E-state index is -4.76. The second-order valence-corrected chi connectivity index (χ2v) is 13.0. The van der Waals surface area contributed by atoms with Crippen molar-refractivity contribution in [2.45, 2.75) is 180 Å². The van der Waals surface area contributed by atoms with Crippen LogP contribution in [0.3, 0.4) is 0 Å². The van der Waals surface area contributed by atoms with Gasteiger partial charge in [-0.1, -0.05) is 155 Å². The molecule has 9 heteroatoms. The maximum absolute atomic E-state index is 12.2. The van der Waals surface area contributed by atoms with Gasteiger partial charge in [0.15, 0.2) is 5.25 Å². The fourth-order valence-corrected chi connectivity index (χ4v) is 5.52. The molecule has 0 amide bonds. The summed E-state index contributed by atoms with van der Waals surface area (Å²) < 4.78 is 43.0. The third-order valence-corrected chi connectivity index (χ3v) is 8.56. The Morgan fingerprint density at radius 1 is 0.537 bits per heavy atom. The van der Waals surface area contributed by atoms with Gasteiger partial charge < -0.3 is 9.47 Å². The summed E-state index contributed by atoms with van der Waals surface area (Å²) in [6.45, 7) is 4.72. The van der Waals surface area contributed by atoms with Crippen molar-refractivity contribution < 1.29 is 32.0 Å². The molecule has 0 aliphatic heterocycles. The van der Waals surface area contributed by atoms with E-state index in [9.17, 15) is 22.6 Å². The zero-order valence-electron chi connectivity index (χ0n) is 26.0. The summed E-state index contributed by atoms with van der Waals surface area (Å²) in [6.07, 6.45) is 27.6. The quantitative estimate of drug-likeness (QED) is 0.0382. The molecule has 1 atom stereocenters. The van der Waals surface area contributed by atoms with Crippen LogP contribution in [0.5, 0.6) is 0 Å². The number of carbonyl (C=O) groups is 2. The van der Waals surface area contributed by atoms with Crippen LogP contribution in [0, 0.1) is 0 Å². The van der Waals surface area contributed by atoms with Gasteiger partial charge in [0.2, 0.25) is 0 Å². The van der Waals surface area contributed by atoms with Crippen LogP contribution in [0.2, 0.25) is 0 Å². The molecule has 0 rings (SSSR count). The molecule has 0 aromatic heterocycles. The van der Waals surface area contributed by atoms with Crippen LogP contribution in [0.4, 0.5) is 0 Å². The zero-order chi connectivity index (χ0) is 29.7. The Bertz CT molecular complexity index is 700. The molecule has 0 spiro atoms. The number of ether oxygens (including phenoxy) is 2. The Balaban J connectivity index is 0. The minimum absolute atomic E-state index is 0. The summed E-state index contributed by atoms with van der Waals surface area (Å²) in [5.74, 6) is -1.90. The van der Waals surface area contributed by atoms with E-state index in [2.05, 4.69) is 13.8 Å². The Kier molecular flexibility index (Phi) is 32.1. The van der Waals surface area contributed by atoms with Crippen molar-refractivity contribution in [3.63, 3.8) is 0 Å². The van der Waals surface area contributed by atoms with Crippen molar-refractivity contribution in [3.05, 3.63) is 0 Å². The predicted octanol–water partition coefficient (Wildman–Crippen LogP) is 8.47. The number of hydrogen-bond acceptors (Lipinski definition) is 6. The molecule has 0 aromatic carbocycles. The van der Waals surface area contributed by atoms with Crippen LogP contribution in [-0.4, -0.2) is 62.2 Å². The van der Waals surface area contributed by atoms with Gasteiger partial charge >= 0.3 is 30.8 Å². The molecule has 1 N–H and O–H groups in total. The van der Waals surface area contributed by atoms with Crippen molar-refractivity contribution in [2.75, 3.05) is 13.2 Å². The van der Waals surface area contributed by atoms with Gasteiger partial charge in [0.1, 0.15) is 0 Å². The topological polar surface area (TPSA) is 107 Å². The fourth-order valence-electron chi connectivity index (χ4n) is 4.86. The van der Waals surface area contributed by atoms with Gasteiger partial charge in [-0.2, -0.15) is 8.42 Å². The monoisotopic (exact) mass is 598 g/mol. The predicted molar refractivity (Wildman–Crippen MR) is 171 cm³/mol. The Labute approximate surface area is 265 Å². The molecule has 0 saturated carbocycles. The number of carbonyl (C=O) groups excluding carboxylic acids is 2. The van der Waals surface area contributed by atoms with Crippen LogP contribution in [0.1, 0.15) is 174 Å². The van der Waals surface area contributed by atoms with Gasteiger partial charge in [-0.05, 0) is 12.8 Å². The zero-order valence-corrected chi connectivity index (χ0v) is 26.8. The summed E-state index contributed by atoms with van der Waals surface area (Å²) in [5.41, 5.74) is 0. The molecule has 240 valence electrons. The first-order valence-electron chi connectivity index (χ1n) is 16.6. The molecular weight excluding hydrogens is 535 g/mol. The standard InChI is InChI=1S/C32H62O7S.Li.H/c1-3-5-7-9-11-13-15-17-19-21-23-25-27-38-31(33)29-30(40(35,36)37)32(34)39-28-26-24-22-20-18-16-14-12-10-8-6-4-2;;/h30H,3-29H2,1-2H3,(H,35,36,37);;. The Morgan fingerprint density at radius 3 is 1.15 bits per heavy atom. The first-order chi connectivity index (χ1) is 19.3. The molecule has 7 nitrogen and oxygen atoms in total. The Morgan fingerprint density at radius 2 is 0.829 bits per heavy atom. The van der Waals surface area contributed by atoms with Gasteiger partial charge in [0.05, 0.1) is 19.6 Å². The van der Waals surface area contributed by atoms with E-state index in [0.717, 1.165) is 32.1 Å². The van der Waals surface area contributed by atoms with Gasteiger partial charge in [-0.15, -0.1) is 0 Å². The van der Waals surface area contributed by atoms with Crippen LogP contribution >= 0.6 is 0 Å². The summed E-state index contributed by atoms with van der Waals surface area (Å²) >= 11 is 0. The van der Waals surface area contributed by atoms with E-state index in [1.807, 2.05) is 0 Å². The second-order valence-electron chi connectivity index (χ2n) is 11.4. The van der Waals surface area contributed by atoms with Gasteiger partial charge in [0.25, 0.3) is 10.1 Å². The van der Waals surface area contributed by atoms with E-state index in [-0.39, 0.29) is 32.1 Å². The molecule has 0 heterocycles. The molecule has 0 aromatic rings. The SMILES string of the molecule is CCCCCCCCCCCCCCOC(=O)CC(C(=O)OCCCCCCCCCCCCCC)S(=O)(=O)O.[LiH]. The molecule has 0 aliphatic rings. The van der Waals surface area contributed by atoms with E-state index in [1.54, 1.807) is 0 Å². The number of rotatable bonds is 30. The molecule has 41 heavy (non-hydrogen) atoms. The van der Waals surface area contributed by atoms with Crippen molar-refractivity contribution in [1.29, 1.82) is 0 Å². The second kappa shape index (κ2) is 30.9. The summed E-state index contributed by atoms with van der Waals surface area (Å²) in [7, 11) is -4.76. The normalized spacial score (nSPS) is 12.1. The Hall–Kier alpha value is -0.553. The average Bonchev–Trinajstić information content (AvgIpc) is 2.91. The summed E-state index contributed by atoms with van der Waals surface area (Å²) in [5, 5.41) is -1.93. The van der Waals surface area contributed by atoms with Crippen molar-refractivity contribution >= 4 is 40.9 Å². The van der Waals surface area contributed by atoms with E-state index in [0.29, 0.717) is 12.8 Å². The van der Waals surface area contributed by atoms with Crippen LogP contribution in [-0.2, 0) is 29.2 Å². The van der Waals surface area contributed by atoms with Crippen LogP contribution in [0.15, 0.2) is 0 Å². The molecule has 0 radical (unpaired) electrons. The number of unbranched alkanes of at least 4 members (excludes halogenated alkanes) is 22. The molecule has 0 fully saturated rings. The average molecular weight is 599 g/mol. The molecule has 0 saturated heterocycles. The summed E-state index contributed by atoms with van der Waals surface area (Å²) in [6, 6.07) is 0. The molecule has 0 aliphatic carbocycles. The third-order valence-electron chi connectivity index (χ3n) is 7.48. The van der Waals surface area contributed by atoms with E-state index >= 15 is 0 Å². The summed E-state index contributed by atoms with van der Waals surface area (Å²) in [4.78, 5) is 24.3. The first-order valence-corrected chi connectivity index (χ1v) is 18.1. The van der Waals surface area contributed by atoms with E-state index < -0.39 is 33.7 Å². The van der Waals surface area contributed by atoms with Crippen molar-refractivity contribution in [3.8, 4) is 0 Å². The van der Waals surface area contributed by atoms with Crippen LogP contribution < -0.4 is 0 Å². The van der Waals surface area contributed by atoms with E-state index in [4.69, 9.17) is 9.47 Å². The maximum atomic E-state index is 12.2. The van der Waals surface area contributed by atoms with Crippen molar-refractivity contribution in [2.24, 2.45) is 0 Å². The third kappa shape index (κ3) is 29.3. The molecule has 0 bridgehead atoms. The van der Waals surface area contributed by atoms with Gasteiger partial charge in [0, 0.05) is 0 Å². The number of hydrogen-bond donors (Lipinski definition) is 1. The van der Waals surface area contributed by atoms with Crippen molar-refractivity contribution in [1.82, 2.24) is 0 Å². The van der Waals surface area contributed by atoms with Crippen LogP contribution in [0.25, 0.3) is 0 Å². The molecule has 1 unspecified atom stereocenters. The van der Waals surface area contributed by atoms with Gasteiger partial charge in [-0.25, -0.2) is 0 Å². The van der Waals surface area contributed by atoms with E-state index in [1.165, 1.54) is 109 Å².